The molecule has 4 rings (SSSR count). The summed E-state index contributed by atoms with van der Waals surface area (Å²) in [7, 11) is 0. The summed E-state index contributed by atoms with van der Waals surface area (Å²) in [6.45, 7) is 3.68. The summed E-state index contributed by atoms with van der Waals surface area (Å²) in [4.78, 5) is 30.0. The fraction of sp³-hybridized carbons (Fsp3) is 0.154. The van der Waals surface area contributed by atoms with E-state index < -0.39 is 0 Å². The summed E-state index contributed by atoms with van der Waals surface area (Å²) in [5.74, 6) is 0.525. The highest BCUT2D eigenvalue weighted by Gasteiger charge is 2.15. The van der Waals surface area contributed by atoms with Gasteiger partial charge in [0.2, 0.25) is 0 Å². The van der Waals surface area contributed by atoms with Crippen molar-refractivity contribution in [2.24, 2.45) is 5.10 Å². The summed E-state index contributed by atoms with van der Waals surface area (Å²) in [6.07, 6.45) is 1.53. The number of halogens is 3. The molecule has 0 unspecified atom stereocenters. The number of carbonyl (C=O) groups excluding carboxylic acids is 1. The van der Waals surface area contributed by atoms with Crippen molar-refractivity contribution in [3.05, 3.63) is 96.4 Å². The van der Waals surface area contributed by atoms with Crippen LogP contribution in [-0.4, -0.2) is 28.4 Å². The second-order valence-corrected chi connectivity index (χ2v) is 10.3. The lowest BCUT2D eigenvalue weighted by molar-refractivity contribution is -0.118. The number of carbonyl (C=O) groups is 1. The van der Waals surface area contributed by atoms with Gasteiger partial charge in [-0.2, -0.15) is 9.78 Å². The van der Waals surface area contributed by atoms with Crippen molar-refractivity contribution in [1.82, 2.24) is 9.66 Å². The minimum Gasteiger partial charge on any atom is -0.481 e. The van der Waals surface area contributed by atoms with Crippen molar-refractivity contribution < 1.29 is 9.53 Å². The Morgan fingerprint density at radius 2 is 1.92 bits per heavy atom. The number of nitrogens with zero attached hydrogens (tertiary/aromatic N) is 3. The summed E-state index contributed by atoms with van der Waals surface area (Å²) in [5.41, 5.74) is 1.65. The smallest absolute Gasteiger partial charge is 0.282 e. The van der Waals surface area contributed by atoms with Crippen LogP contribution in [0.5, 0.6) is 5.75 Å². The zero-order chi connectivity index (χ0) is 25.8. The third-order valence-corrected chi connectivity index (χ3v) is 6.46. The number of nitrogens with one attached hydrogen (secondary N) is 1. The van der Waals surface area contributed by atoms with Crippen LogP contribution >= 0.6 is 43.5 Å². The number of fused-ring (bicyclic) bond motifs is 1. The number of aromatic nitrogens is 2. The first-order valence-electron chi connectivity index (χ1n) is 11.0. The van der Waals surface area contributed by atoms with Crippen molar-refractivity contribution in [1.29, 1.82) is 0 Å². The molecular formula is C26H21Br2ClN4O3. The van der Waals surface area contributed by atoms with E-state index in [1.807, 2.05) is 38.1 Å². The number of anilines is 1. The van der Waals surface area contributed by atoms with Gasteiger partial charge < -0.3 is 10.1 Å². The van der Waals surface area contributed by atoms with Crippen LogP contribution in [0.2, 0.25) is 5.02 Å². The van der Waals surface area contributed by atoms with E-state index in [0.717, 1.165) is 4.47 Å². The lowest BCUT2D eigenvalue weighted by Crippen LogP contribution is -2.23. The molecule has 0 atom stereocenters. The second-order valence-electron chi connectivity index (χ2n) is 8.16. The topological polar surface area (TPSA) is 85.6 Å². The summed E-state index contributed by atoms with van der Waals surface area (Å²) < 4.78 is 8.27. The number of hydrogen-bond donors (Lipinski definition) is 1. The first-order chi connectivity index (χ1) is 17.2. The zero-order valence-electron chi connectivity index (χ0n) is 19.3. The van der Waals surface area contributed by atoms with Crippen LogP contribution in [0.25, 0.3) is 10.9 Å². The fourth-order valence-electron chi connectivity index (χ4n) is 3.42. The fourth-order valence-corrected chi connectivity index (χ4v) is 4.77. The summed E-state index contributed by atoms with van der Waals surface area (Å²) in [5, 5.41) is 7.93. The van der Waals surface area contributed by atoms with Crippen LogP contribution in [-0.2, 0) is 4.79 Å². The molecule has 10 heteroatoms. The molecule has 1 aromatic heterocycles. The van der Waals surface area contributed by atoms with E-state index in [-0.39, 0.29) is 29.0 Å². The van der Waals surface area contributed by atoms with E-state index in [4.69, 9.17) is 16.3 Å². The molecule has 0 aliphatic rings. The van der Waals surface area contributed by atoms with Crippen molar-refractivity contribution in [3.63, 3.8) is 0 Å². The third-order valence-electron chi connectivity index (χ3n) is 5.10. The van der Waals surface area contributed by atoms with Crippen molar-refractivity contribution in [3.8, 4) is 5.75 Å². The standard InChI is InChI=1S/C26H21Br2ClN4O3/c1-15(2)25-32-22-9-8-17(27)12-19(22)26(35)33(25)30-13-16-10-20(28)24(21(29)11-16)36-14-23(34)31-18-6-4-3-5-7-18/h3-13,15H,14H2,1-2H3,(H,31,34). The van der Waals surface area contributed by atoms with Gasteiger partial charge in [-0.25, -0.2) is 4.98 Å². The van der Waals surface area contributed by atoms with E-state index in [1.54, 1.807) is 36.4 Å². The molecule has 0 fully saturated rings. The molecule has 36 heavy (non-hydrogen) atoms. The van der Waals surface area contributed by atoms with Crippen LogP contribution in [0.3, 0.4) is 0 Å². The first kappa shape index (κ1) is 26.1. The van der Waals surface area contributed by atoms with Crippen molar-refractivity contribution >= 4 is 72.2 Å². The summed E-state index contributed by atoms with van der Waals surface area (Å²) >= 11 is 13.3. The first-order valence-corrected chi connectivity index (χ1v) is 12.9. The van der Waals surface area contributed by atoms with E-state index in [0.29, 0.717) is 38.2 Å². The van der Waals surface area contributed by atoms with E-state index >= 15 is 0 Å². The van der Waals surface area contributed by atoms with E-state index in [2.05, 4.69) is 47.3 Å². The monoisotopic (exact) mass is 630 g/mol. The Hall–Kier alpha value is -3.01. The molecule has 1 heterocycles. The van der Waals surface area contributed by atoms with E-state index in [9.17, 15) is 9.59 Å². The molecule has 0 radical (unpaired) electrons. The van der Waals surface area contributed by atoms with Crippen LogP contribution in [0.1, 0.15) is 31.2 Å². The van der Waals surface area contributed by atoms with Gasteiger partial charge in [0.1, 0.15) is 5.82 Å². The van der Waals surface area contributed by atoms with Gasteiger partial charge >= 0.3 is 0 Å². The molecule has 0 bridgehead atoms. The molecule has 0 aliphatic heterocycles. The van der Waals surface area contributed by atoms with Crippen LogP contribution in [0.4, 0.5) is 5.69 Å². The molecule has 0 saturated heterocycles. The number of rotatable bonds is 7. The lowest BCUT2D eigenvalue weighted by atomic mass is 10.2. The van der Waals surface area contributed by atoms with Crippen LogP contribution in [0, 0.1) is 0 Å². The SMILES string of the molecule is CC(C)c1nc2ccc(Br)cc2c(=O)n1N=Cc1cc(Cl)c(OCC(=O)Nc2ccccc2)c(Br)c1. The minimum absolute atomic E-state index is 0.0315. The van der Waals surface area contributed by atoms with Crippen molar-refractivity contribution in [2.45, 2.75) is 19.8 Å². The normalized spacial score (nSPS) is 11.4. The largest absolute Gasteiger partial charge is 0.481 e. The van der Waals surface area contributed by atoms with E-state index in [1.165, 1.54) is 10.9 Å². The van der Waals surface area contributed by atoms with Gasteiger partial charge in [0.05, 0.1) is 26.6 Å². The van der Waals surface area contributed by atoms with Crippen LogP contribution < -0.4 is 15.6 Å². The molecule has 184 valence electrons. The Kier molecular flexibility index (Phi) is 8.23. The third kappa shape index (κ3) is 6.03. The molecule has 1 amide bonds. The molecule has 3 aromatic carbocycles. The predicted octanol–water partition coefficient (Wildman–Crippen LogP) is 6.60. The number of para-hydroxylation sites is 1. The van der Waals surface area contributed by atoms with Crippen LogP contribution in [0.15, 0.2) is 79.5 Å². The number of amides is 1. The molecule has 7 nitrogen and oxygen atoms in total. The Bertz CT molecular complexity index is 1500. The van der Waals surface area contributed by atoms with Crippen molar-refractivity contribution in [2.75, 3.05) is 11.9 Å². The minimum atomic E-state index is -0.314. The summed E-state index contributed by atoms with van der Waals surface area (Å²) in [6, 6.07) is 17.9. The molecule has 0 aliphatic carbocycles. The van der Waals surface area contributed by atoms with Gasteiger partial charge in [0.25, 0.3) is 11.5 Å². The highest BCUT2D eigenvalue weighted by molar-refractivity contribution is 9.10. The maximum absolute atomic E-state index is 13.2. The number of hydrogen-bond acceptors (Lipinski definition) is 5. The maximum atomic E-state index is 13.2. The molecule has 0 spiro atoms. The Balaban J connectivity index is 1.57. The average Bonchev–Trinajstić information content (AvgIpc) is 2.83. The predicted molar refractivity (Wildman–Crippen MR) is 151 cm³/mol. The number of ether oxygens (including phenoxy) is 1. The molecule has 4 aromatic rings. The highest BCUT2D eigenvalue weighted by Crippen LogP contribution is 2.34. The van der Waals surface area contributed by atoms with Gasteiger partial charge in [0, 0.05) is 16.1 Å². The van der Waals surface area contributed by atoms with Gasteiger partial charge in [-0.1, -0.05) is 59.6 Å². The Labute approximate surface area is 229 Å². The van der Waals surface area contributed by atoms with Gasteiger partial charge in [-0.15, -0.1) is 0 Å². The van der Waals surface area contributed by atoms with Gasteiger partial charge in [-0.3, -0.25) is 9.59 Å². The maximum Gasteiger partial charge on any atom is 0.282 e. The quantitative estimate of drug-likeness (QED) is 0.233. The molecule has 1 N–H and O–H groups in total. The highest BCUT2D eigenvalue weighted by atomic mass is 79.9. The Morgan fingerprint density at radius 3 is 2.61 bits per heavy atom. The average molecular weight is 633 g/mol. The lowest BCUT2D eigenvalue weighted by Gasteiger charge is -2.13. The number of benzene rings is 3. The zero-order valence-corrected chi connectivity index (χ0v) is 23.3. The Morgan fingerprint density at radius 1 is 1.17 bits per heavy atom. The second kappa shape index (κ2) is 11.4. The van der Waals surface area contributed by atoms with Gasteiger partial charge in [0.15, 0.2) is 12.4 Å². The molecule has 0 saturated carbocycles. The molecular weight excluding hydrogens is 612 g/mol. The van der Waals surface area contributed by atoms with Gasteiger partial charge in [-0.05, 0) is 64.0 Å².